The van der Waals surface area contributed by atoms with Gasteiger partial charge in [0.2, 0.25) is 0 Å². The Hall–Kier alpha value is -0.410. The predicted octanol–water partition coefficient (Wildman–Crippen LogP) is 2.71. The molecule has 1 aromatic rings. The molecule has 80 valence electrons. The molecule has 0 spiro atoms. The zero-order valence-electron chi connectivity index (χ0n) is 9.29. The first-order valence-electron chi connectivity index (χ1n) is 5.34. The summed E-state index contributed by atoms with van der Waals surface area (Å²) in [7, 11) is 0. The van der Waals surface area contributed by atoms with Crippen LogP contribution in [0, 0.1) is 5.92 Å². The molecular formula is C11H20N2S. The molecule has 1 rings (SSSR count). The number of hydrogen-bond donors (Lipinski definition) is 1. The van der Waals surface area contributed by atoms with Crippen molar-refractivity contribution in [3.05, 3.63) is 16.6 Å². The highest BCUT2D eigenvalue weighted by molar-refractivity contribution is 7.09. The highest BCUT2D eigenvalue weighted by Crippen LogP contribution is 2.15. The first kappa shape index (κ1) is 11.7. The molecule has 0 aromatic carbocycles. The van der Waals surface area contributed by atoms with Crippen molar-refractivity contribution in [2.45, 2.75) is 39.7 Å². The van der Waals surface area contributed by atoms with Gasteiger partial charge in [-0.2, -0.15) is 0 Å². The van der Waals surface area contributed by atoms with Crippen LogP contribution in [-0.2, 0) is 6.42 Å². The van der Waals surface area contributed by atoms with E-state index in [9.17, 15) is 0 Å². The smallest absolute Gasteiger partial charge is 0.0794 e. The zero-order chi connectivity index (χ0) is 10.4. The largest absolute Gasteiger partial charge is 0.314 e. The van der Waals surface area contributed by atoms with Gasteiger partial charge < -0.3 is 5.32 Å². The summed E-state index contributed by atoms with van der Waals surface area (Å²) in [5.74, 6) is 0.682. The normalized spacial score (nSPS) is 15.4. The lowest BCUT2D eigenvalue weighted by molar-refractivity contribution is 0.400. The molecule has 3 heteroatoms. The minimum Gasteiger partial charge on any atom is -0.314 e. The molecule has 0 aliphatic rings. The van der Waals surface area contributed by atoms with Crippen LogP contribution in [0.3, 0.4) is 0 Å². The van der Waals surface area contributed by atoms with E-state index in [1.54, 1.807) is 11.3 Å². The second kappa shape index (κ2) is 6.14. The quantitative estimate of drug-likeness (QED) is 0.784. The number of thiazole rings is 1. The van der Waals surface area contributed by atoms with Crippen LogP contribution in [0.2, 0.25) is 0 Å². The van der Waals surface area contributed by atoms with E-state index in [0.29, 0.717) is 12.0 Å². The van der Waals surface area contributed by atoms with E-state index in [2.05, 4.69) is 31.1 Å². The second-order valence-corrected chi connectivity index (χ2v) is 4.86. The van der Waals surface area contributed by atoms with Crippen molar-refractivity contribution in [2.24, 2.45) is 5.92 Å². The van der Waals surface area contributed by atoms with Crippen molar-refractivity contribution in [2.75, 3.05) is 6.54 Å². The molecule has 1 heterocycles. The maximum Gasteiger partial charge on any atom is 0.0794 e. The van der Waals surface area contributed by atoms with E-state index in [4.69, 9.17) is 0 Å². The van der Waals surface area contributed by atoms with Crippen LogP contribution in [0.1, 0.15) is 32.1 Å². The Morgan fingerprint density at radius 3 is 2.86 bits per heavy atom. The van der Waals surface area contributed by atoms with E-state index in [1.165, 1.54) is 11.3 Å². The van der Waals surface area contributed by atoms with Gasteiger partial charge >= 0.3 is 0 Å². The lowest BCUT2D eigenvalue weighted by Crippen LogP contribution is -2.33. The molecule has 2 atom stereocenters. The summed E-state index contributed by atoms with van der Waals surface area (Å²) in [6, 6.07) is 0.594. The van der Waals surface area contributed by atoms with Gasteiger partial charge in [0.15, 0.2) is 0 Å². The minimum atomic E-state index is 0.594. The highest BCUT2D eigenvalue weighted by Gasteiger charge is 2.12. The third-order valence-electron chi connectivity index (χ3n) is 2.58. The molecule has 0 saturated carbocycles. The lowest BCUT2D eigenvalue weighted by atomic mass is 9.99. The fourth-order valence-electron chi connectivity index (χ4n) is 1.41. The van der Waals surface area contributed by atoms with Crippen molar-refractivity contribution in [1.82, 2.24) is 10.3 Å². The predicted molar refractivity (Wildman–Crippen MR) is 62.7 cm³/mol. The molecule has 0 bridgehead atoms. The zero-order valence-corrected chi connectivity index (χ0v) is 10.1. The number of hydrogen-bond acceptors (Lipinski definition) is 3. The van der Waals surface area contributed by atoms with Crippen LogP contribution >= 0.6 is 11.3 Å². The van der Waals surface area contributed by atoms with Crippen LogP contribution < -0.4 is 5.32 Å². The van der Waals surface area contributed by atoms with E-state index in [1.807, 2.05) is 11.7 Å². The van der Waals surface area contributed by atoms with Crippen LogP contribution in [0.25, 0.3) is 0 Å². The van der Waals surface area contributed by atoms with Gasteiger partial charge in [0.25, 0.3) is 0 Å². The van der Waals surface area contributed by atoms with Gasteiger partial charge in [-0.15, -0.1) is 11.3 Å². The Labute approximate surface area is 90.8 Å². The summed E-state index contributed by atoms with van der Waals surface area (Å²) in [6.45, 7) is 7.89. The number of aromatic nitrogens is 1. The molecule has 0 radical (unpaired) electrons. The highest BCUT2D eigenvalue weighted by atomic mass is 32.1. The molecule has 1 N–H and O–H groups in total. The summed E-state index contributed by atoms with van der Waals surface area (Å²) in [5.41, 5.74) is 1.91. The van der Waals surface area contributed by atoms with Gasteiger partial charge in [0.05, 0.1) is 5.51 Å². The van der Waals surface area contributed by atoms with Crippen LogP contribution in [0.5, 0.6) is 0 Å². The molecule has 2 unspecified atom stereocenters. The van der Waals surface area contributed by atoms with Crippen molar-refractivity contribution in [3.8, 4) is 0 Å². The van der Waals surface area contributed by atoms with Crippen LogP contribution in [-0.4, -0.2) is 17.6 Å². The minimum absolute atomic E-state index is 0.594. The standard InChI is InChI=1S/C11H20N2S/c1-4-5-13-10(3)9(2)6-11-7-12-8-14-11/h7-10,13H,4-6H2,1-3H3. The Bertz CT molecular complexity index is 233. The van der Waals surface area contributed by atoms with Crippen molar-refractivity contribution in [1.29, 1.82) is 0 Å². The molecule has 0 fully saturated rings. The fourth-order valence-corrected chi connectivity index (χ4v) is 2.15. The number of nitrogens with zero attached hydrogens (tertiary/aromatic N) is 1. The second-order valence-electron chi connectivity index (χ2n) is 3.89. The Morgan fingerprint density at radius 2 is 2.29 bits per heavy atom. The van der Waals surface area contributed by atoms with E-state index in [0.717, 1.165) is 13.0 Å². The third kappa shape index (κ3) is 3.76. The van der Waals surface area contributed by atoms with Gasteiger partial charge in [0.1, 0.15) is 0 Å². The van der Waals surface area contributed by atoms with Crippen LogP contribution in [0.4, 0.5) is 0 Å². The summed E-state index contributed by atoms with van der Waals surface area (Å²) in [5, 5.41) is 3.53. The third-order valence-corrected chi connectivity index (χ3v) is 3.38. The topological polar surface area (TPSA) is 24.9 Å². The number of rotatable bonds is 6. The van der Waals surface area contributed by atoms with Crippen molar-refractivity contribution in [3.63, 3.8) is 0 Å². The van der Waals surface area contributed by atoms with E-state index in [-0.39, 0.29) is 0 Å². The summed E-state index contributed by atoms with van der Waals surface area (Å²) in [4.78, 5) is 5.49. The molecule has 0 aliphatic heterocycles. The first-order chi connectivity index (χ1) is 6.74. The molecule has 1 aromatic heterocycles. The average Bonchev–Trinajstić information content (AvgIpc) is 2.66. The summed E-state index contributed by atoms with van der Waals surface area (Å²) in [6.07, 6.45) is 4.33. The molecular weight excluding hydrogens is 192 g/mol. The lowest BCUT2D eigenvalue weighted by Gasteiger charge is -2.20. The van der Waals surface area contributed by atoms with E-state index < -0.39 is 0 Å². The summed E-state index contributed by atoms with van der Waals surface area (Å²) >= 11 is 1.75. The van der Waals surface area contributed by atoms with Gasteiger partial charge in [-0.1, -0.05) is 13.8 Å². The Morgan fingerprint density at radius 1 is 1.50 bits per heavy atom. The Kier molecular flexibility index (Phi) is 5.12. The molecule has 0 aliphatic carbocycles. The molecule has 0 amide bonds. The summed E-state index contributed by atoms with van der Waals surface area (Å²) < 4.78 is 0. The van der Waals surface area contributed by atoms with Gasteiger partial charge in [-0.05, 0) is 32.2 Å². The van der Waals surface area contributed by atoms with Crippen molar-refractivity contribution >= 4 is 11.3 Å². The SMILES string of the molecule is CCCNC(C)C(C)Cc1cncs1. The molecule has 14 heavy (non-hydrogen) atoms. The fraction of sp³-hybridized carbons (Fsp3) is 0.727. The molecule has 2 nitrogen and oxygen atoms in total. The van der Waals surface area contributed by atoms with E-state index >= 15 is 0 Å². The monoisotopic (exact) mass is 212 g/mol. The first-order valence-corrected chi connectivity index (χ1v) is 6.22. The number of nitrogens with one attached hydrogen (secondary N) is 1. The maximum absolute atomic E-state index is 4.09. The van der Waals surface area contributed by atoms with Gasteiger partial charge in [-0.25, -0.2) is 0 Å². The average molecular weight is 212 g/mol. The van der Waals surface area contributed by atoms with Gasteiger partial charge in [-0.3, -0.25) is 4.98 Å². The van der Waals surface area contributed by atoms with Crippen molar-refractivity contribution < 1.29 is 0 Å². The van der Waals surface area contributed by atoms with Gasteiger partial charge in [0, 0.05) is 17.1 Å². The molecule has 0 saturated heterocycles. The maximum atomic E-state index is 4.09. The Balaban J connectivity index is 2.30. The van der Waals surface area contributed by atoms with Crippen LogP contribution in [0.15, 0.2) is 11.7 Å².